The predicted molar refractivity (Wildman–Crippen MR) is 105 cm³/mol. The van der Waals surface area contributed by atoms with Crippen molar-refractivity contribution < 1.29 is 14.3 Å². The van der Waals surface area contributed by atoms with Crippen LogP contribution in [0.25, 0.3) is 0 Å². The highest BCUT2D eigenvalue weighted by Gasteiger charge is 2.09. The summed E-state index contributed by atoms with van der Waals surface area (Å²) in [7, 11) is 1.56. The minimum absolute atomic E-state index is 0.192. The first-order valence-electron chi connectivity index (χ1n) is 8.53. The van der Waals surface area contributed by atoms with Crippen LogP contribution in [0.2, 0.25) is 0 Å². The Morgan fingerprint density at radius 1 is 0.815 bits per heavy atom. The first-order chi connectivity index (χ1) is 13.2. The van der Waals surface area contributed by atoms with Gasteiger partial charge in [-0.3, -0.25) is 9.59 Å². The average Bonchev–Trinajstić information content (AvgIpc) is 2.73. The minimum atomic E-state index is -0.201. The molecule has 0 spiro atoms. The zero-order chi connectivity index (χ0) is 19.1. The van der Waals surface area contributed by atoms with Crippen molar-refractivity contribution in [2.45, 2.75) is 6.54 Å². The Hall–Kier alpha value is -3.60. The van der Waals surface area contributed by atoms with Crippen molar-refractivity contribution >= 4 is 17.5 Å². The van der Waals surface area contributed by atoms with E-state index in [9.17, 15) is 9.59 Å². The molecule has 136 valence electrons. The third-order valence-corrected chi connectivity index (χ3v) is 4.01. The van der Waals surface area contributed by atoms with E-state index in [1.54, 1.807) is 49.6 Å². The topological polar surface area (TPSA) is 67.4 Å². The number of carbonyl (C=O) groups is 2. The monoisotopic (exact) mass is 360 g/mol. The van der Waals surface area contributed by atoms with Crippen LogP contribution in [0.15, 0.2) is 78.9 Å². The lowest BCUT2D eigenvalue weighted by molar-refractivity contribution is 0.0950. The Morgan fingerprint density at radius 3 is 2.26 bits per heavy atom. The fraction of sp³-hybridized carbons (Fsp3) is 0.0909. The molecule has 2 amide bonds. The first kappa shape index (κ1) is 18.2. The second-order valence-electron chi connectivity index (χ2n) is 5.94. The Labute approximate surface area is 158 Å². The van der Waals surface area contributed by atoms with Crippen LogP contribution in [-0.4, -0.2) is 18.9 Å². The molecule has 0 aliphatic rings. The van der Waals surface area contributed by atoms with E-state index < -0.39 is 0 Å². The van der Waals surface area contributed by atoms with Crippen LogP contribution in [0.1, 0.15) is 26.3 Å². The molecule has 3 rings (SSSR count). The minimum Gasteiger partial charge on any atom is -0.497 e. The summed E-state index contributed by atoms with van der Waals surface area (Å²) >= 11 is 0. The van der Waals surface area contributed by atoms with Gasteiger partial charge >= 0.3 is 0 Å². The van der Waals surface area contributed by atoms with Gasteiger partial charge in [-0.15, -0.1) is 0 Å². The Balaban J connectivity index is 1.63. The van der Waals surface area contributed by atoms with Gasteiger partial charge in [-0.05, 0) is 48.0 Å². The van der Waals surface area contributed by atoms with Crippen molar-refractivity contribution in [2.24, 2.45) is 0 Å². The van der Waals surface area contributed by atoms with Gasteiger partial charge in [-0.25, -0.2) is 0 Å². The van der Waals surface area contributed by atoms with Crippen molar-refractivity contribution in [3.8, 4) is 5.75 Å². The number of carbonyl (C=O) groups excluding carboxylic acids is 2. The number of para-hydroxylation sites is 1. The molecule has 0 fully saturated rings. The molecule has 5 heteroatoms. The molecule has 0 aliphatic heterocycles. The van der Waals surface area contributed by atoms with Gasteiger partial charge < -0.3 is 15.4 Å². The van der Waals surface area contributed by atoms with Crippen molar-refractivity contribution in [1.82, 2.24) is 5.32 Å². The molecular weight excluding hydrogens is 340 g/mol. The highest BCUT2D eigenvalue weighted by molar-refractivity contribution is 6.04. The fourth-order valence-corrected chi connectivity index (χ4v) is 2.60. The van der Waals surface area contributed by atoms with Crippen molar-refractivity contribution in [3.05, 3.63) is 95.6 Å². The third-order valence-electron chi connectivity index (χ3n) is 4.01. The van der Waals surface area contributed by atoms with E-state index in [2.05, 4.69) is 10.6 Å². The van der Waals surface area contributed by atoms with Gasteiger partial charge in [0.1, 0.15) is 5.75 Å². The standard InChI is InChI=1S/C22H20N2O3/c1-27-20-12-6-9-18(14-20)21(25)23-15-16-7-5-8-17(13-16)22(26)24-19-10-3-2-4-11-19/h2-14H,15H2,1H3,(H,23,25)(H,24,26). The normalized spacial score (nSPS) is 10.1. The van der Waals surface area contributed by atoms with E-state index >= 15 is 0 Å². The van der Waals surface area contributed by atoms with Gasteiger partial charge in [0.05, 0.1) is 7.11 Å². The summed E-state index contributed by atoms with van der Waals surface area (Å²) in [6, 6.07) is 23.4. The molecule has 0 bridgehead atoms. The van der Waals surface area contributed by atoms with Crippen LogP contribution in [0.3, 0.4) is 0 Å². The number of ether oxygens (including phenoxy) is 1. The van der Waals surface area contributed by atoms with E-state index in [0.717, 1.165) is 11.3 Å². The molecule has 0 saturated heterocycles. The molecule has 0 atom stereocenters. The molecule has 5 nitrogen and oxygen atoms in total. The maximum Gasteiger partial charge on any atom is 0.255 e. The number of anilines is 1. The highest BCUT2D eigenvalue weighted by atomic mass is 16.5. The third kappa shape index (κ3) is 4.95. The molecular formula is C22H20N2O3. The molecule has 0 aromatic heterocycles. The largest absolute Gasteiger partial charge is 0.497 e. The van der Waals surface area contributed by atoms with E-state index in [0.29, 0.717) is 23.4 Å². The smallest absolute Gasteiger partial charge is 0.255 e. The van der Waals surface area contributed by atoms with Gasteiger partial charge in [0, 0.05) is 23.4 Å². The van der Waals surface area contributed by atoms with Crippen LogP contribution in [0.4, 0.5) is 5.69 Å². The highest BCUT2D eigenvalue weighted by Crippen LogP contribution is 2.13. The molecule has 0 aliphatic carbocycles. The van der Waals surface area contributed by atoms with E-state index in [1.165, 1.54) is 0 Å². The summed E-state index contributed by atoms with van der Waals surface area (Å²) in [6.07, 6.45) is 0. The molecule has 0 heterocycles. The van der Waals surface area contributed by atoms with Gasteiger partial charge in [0.15, 0.2) is 0 Å². The van der Waals surface area contributed by atoms with E-state index in [4.69, 9.17) is 4.74 Å². The zero-order valence-corrected chi connectivity index (χ0v) is 14.9. The second-order valence-corrected chi connectivity index (χ2v) is 5.94. The molecule has 2 N–H and O–H groups in total. The summed E-state index contributed by atoms with van der Waals surface area (Å²) < 4.78 is 5.13. The summed E-state index contributed by atoms with van der Waals surface area (Å²) in [5.74, 6) is 0.234. The van der Waals surface area contributed by atoms with E-state index in [1.807, 2.05) is 36.4 Å². The Bertz CT molecular complexity index is 939. The number of methoxy groups -OCH3 is 1. The van der Waals surface area contributed by atoms with Gasteiger partial charge in [-0.1, -0.05) is 36.4 Å². The van der Waals surface area contributed by atoms with Crippen molar-refractivity contribution in [3.63, 3.8) is 0 Å². The predicted octanol–water partition coefficient (Wildman–Crippen LogP) is 3.88. The number of hydrogen-bond acceptors (Lipinski definition) is 3. The first-order valence-corrected chi connectivity index (χ1v) is 8.53. The number of amides is 2. The average molecular weight is 360 g/mol. The summed E-state index contributed by atoms with van der Waals surface area (Å²) in [5, 5.41) is 5.70. The van der Waals surface area contributed by atoms with Crippen LogP contribution in [0, 0.1) is 0 Å². The van der Waals surface area contributed by atoms with E-state index in [-0.39, 0.29) is 11.8 Å². The van der Waals surface area contributed by atoms with Crippen LogP contribution < -0.4 is 15.4 Å². The quantitative estimate of drug-likeness (QED) is 0.701. The van der Waals surface area contributed by atoms with Gasteiger partial charge in [0.25, 0.3) is 11.8 Å². The van der Waals surface area contributed by atoms with Crippen molar-refractivity contribution in [1.29, 1.82) is 0 Å². The van der Waals surface area contributed by atoms with Crippen LogP contribution in [0.5, 0.6) is 5.75 Å². The molecule has 0 unspecified atom stereocenters. The molecule has 0 saturated carbocycles. The summed E-state index contributed by atoms with van der Waals surface area (Å²) in [6.45, 7) is 0.322. The SMILES string of the molecule is COc1cccc(C(=O)NCc2cccc(C(=O)Nc3ccccc3)c2)c1. The Kier molecular flexibility index (Phi) is 5.84. The van der Waals surface area contributed by atoms with Crippen LogP contribution in [-0.2, 0) is 6.54 Å². The summed E-state index contributed by atoms with van der Waals surface area (Å²) in [5.41, 5.74) is 2.63. The number of benzene rings is 3. The van der Waals surface area contributed by atoms with Crippen molar-refractivity contribution in [2.75, 3.05) is 12.4 Å². The maximum atomic E-state index is 12.4. The fourth-order valence-electron chi connectivity index (χ4n) is 2.60. The number of rotatable bonds is 6. The maximum absolute atomic E-state index is 12.4. The lowest BCUT2D eigenvalue weighted by Crippen LogP contribution is -2.23. The number of nitrogens with one attached hydrogen (secondary N) is 2. The Morgan fingerprint density at radius 2 is 1.52 bits per heavy atom. The lowest BCUT2D eigenvalue weighted by Gasteiger charge is -2.09. The lowest BCUT2D eigenvalue weighted by atomic mass is 10.1. The second kappa shape index (κ2) is 8.67. The van der Waals surface area contributed by atoms with Gasteiger partial charge in [-0.2, -0.15) is 0 Å². The molecule has 27 heavy (non-hydrogen) atoms. The molecule has 3 aromatic carbocycles. The summed E-state index contributed by atoms with van der Waals surface area (Å²) in [4.78, 5) is 24.7. The molecule has 3 aromatic rings. The van der Waals surface area contributed by atoms with Gasteiger partial charge in [0.2, 0.25) is 0 Å². The number of hydrogen-bond donors (Lipinski definition) is 2. The van der Waals surface area contributed by atoms with Crippen LogP contribution >= 0.6 is 0 Å². The molecule has 0 radical (unpaired) electrons. The zero-order valence-electron chi connectivity index (χ0n) is 14.9.